The molecule has 0 radical (unpaired) electrons. The molecule has 1 heterocycles. The van der Waals surface area contributed by atoms with E-state index in [2.05, 4.69) is 17.2 Å². The Morgan fingerprint density at radius 2 is 2.19 bits per heavy atom. The highest BCUT2D eigenvalue weighted by atomic mass is 32.1. The van der Waals surface area contributed by atoms with Crippen molar-refractivity contribution in [3.63, 3.8) is 0 Å². The zero-order valence-corrected chi connectivity index (χ0v) is 16.8. The third kappa shape index (κ3) is 4.86. The molecular formula is C20H25N3O3S. The number of thiazole rings is 1. The number of nitrogens with one attached hydrogen (secondary N) is 1. The first-order valence-corrected chi connectivity index (χ1v) is 10.0. The minimum Gasteiger partial charge on any atom is -0.484 e. The average molecular weight is 388 g/mol. The summed E-state index contributed by atoms with van der Waals surface area (Å²) in [4.78, 5) is 31.6. The van der Waals surface area contributed by atoms with Crippen molar-refractivity contribution in [1.82, 2.24) is 9.88 Å². The quantitative estimate of drug-likeness (QED) is 0.825. The normalized spacial score (nSPS) is 15.7. The first-order chi connectivity index (χ1) is 13.0. The molecular weight excluding hydrogens is 362 g/mol. The van der Waals surface area contributed by atoms with E-state index >= 15 is 0 Å². The van der Waals surface area contributed by atoms with Gasteiger partial charge in [-0.1, -0.05) is 19.4 Å². The molecule has 6 nitrogen and oxygen atoms in total. The Bertz CT molecular complexity index is 832. The molecule has 1 aliphatic carbocycles. The van der Waals surface area contributed by atoms with Gasteiger partial charge in [0.1, 0.15) is 5.75 Å². The number of carbonyl (C=O) groups is 2. The maximum Gasteiger partial charge on any atom is 0.259 e. The van der Waals surface area contributed by atoms with E-state index in [-0.39, 0.29) is 18.4 Å². The predicted molar refractivity (Wildman–Crippen MR) is 107 cm³/mol. The summed E-state index contributed by atoms with van der Waals surface area (Å²) in [6, 6.07) is 6.82. The summed E-state index contributed by atoms with van der Waals surface area (Å²) >= 11 is 1.57. The van der Waals surface area contributed by atoms with Gasteiger partial charge in [0.15, 0.2) is 11.7 Å². The standard InChI is InChI=1S/C20H25N3O3S/c1-4-13-8-9-16-17(10-13)27-20(21-16)22-19(25)14-6-5-7-15(11-14)26-12-18(24)23(2)3/h5-7,11,13H,4,8-10,12H2,1-3H3,(H,21,22,25). The summed E-state index contributed by atoms with van der Waals surface area (Å²) in [5, 5.41) is 3.55. The fraction of sp³-hybridized carbons (Fsp3) is 0.450. The molecule has 0 aliphatic heterocycles. The van der Waals surface area contributed by atoms with Crippen molar-refractivity contribution in [2.75, 3.05) is 26.0 Å². The molecule has 1 aliphatic rings. The van der Waals surface area contributed by atoms with Crippen molar-refractivity contribution in [1.29, 1.82) is 0 Å². The van der Waals surface area contributed by atoms with E-state index in [1.54, 1.807) is 49.7 Å². The Balaban J connectivity index is 1.64. The molecule has 2 amide bonds. The van der Waals surface area contributed by atoms with Crippen LogP contribution in [0.25, 0.3) is 0 Å². The zero-order chi connectivity index (χ0) is 19.4. The third-order valence-electron chi connectivity index (χ3n) is 4.80. The number of amides is 2. The summed E-state index contributed by atoms with van der Waals surface area (Å²) < 4.78 is 5.48. The number of rotatable bonds is 6. The van der Waals surface area contributed by atoms with E-state index in [9.17, 15) is 9.59 Å². The number of nitrogens with zero attached hydrogens (tertiary/aromatic N) is 2. The van der Waals surface area contributed by atoms with E-state index in [0.717, 1.165) is 24.5 Å². The number of hydrogen-bond acceptors (Lipinski definition) is 5. The number of benzene rings is 1. The van der Waals surface area contributed by atoms with Crippen molar-refractivity contribution < 1.29 is 14.3 Å². The summed E-state index contributed by atoms with van der Waals surface area (Å²) in [7, 11) is 3.35. The number of aryl methyl sites for hydroxylation is 1. The maximum atomic E-state index is 12.6. The van der Waals surface area contributed by atoms with Crippen LogP contribution in [0.15, 0.2) is 24.3 Å². The smallest absolute Gasteiger partial charge is 0.259 e. The highest BCUT2D eigenvalue weighted by Gasteiger charge is 2.22. The van der Waals surface area contributed by atoms with Gasteiger partial charge in [0.05, 0.1) is 5.69 Å². The van der Waals surface area contributed by atoms with Gasteiger partial charge >= 0.3 is 0 Å². The molecule has 0 fully saturated rings. The molecule has 27 heavy (non-hydrogen) atoms. The van der Waals surface area contributed by atoms with Gasteiger partial charge in [0, 0.05) is 24.5 Å². The SMILES string of the molecule is CCC1CCc2nc(NC(=O)c3cccc(OCC(=O)N(C)C)c3)sc2C1. The van der Waals surface area contributed by atoms with E-state index in [4.69, 9.17) is 4.74 Å². The van der Waals surface area contributed by atoms with Crippen LogP contribution in [-0.2, 0) is 17.6 Å². The first-order valence-electron chi connectivity index (χ1n) is 9.19. The second-order valence-corrected chi connectivity index (χ2v) is 8.05. The van der Waals surface area contributed by atoms with Crippen molar-refractivity contribution in [2.45, 2.75) is 32.6 Å². The Morgan fingerprint density at radius 3 is 2.93 bits per heavy atom. The maximum absolute atomic E-state index is 12.6. The number of ether oxygens (including phenoxy) is 1. The number of likely N-dealkylation sites (N-methyl/N-ethyl adjacent to an activating group) is 1. The molecule has 1 atom stereocenters. The molecule has 2 aromatic rings. The van der Waals surface area contributed by atoms with Gasteiger partial charge in [-0.05, 0) is 43.4 Å². The lowest BCUT2D eigenvalue weighted by Gasteiger charge is -2.18. The molecule has 3 rings (SSSR count). The Hall–Kier alpha value is -2.41. The monoisotopic (exact) mass is 387 g/mol. The zero-order valence-electron chi connectivity index (χ0n) is 15.9. The van der Waals surface area contributed by atoms with E-state index in [0.29, 0.717) is 16.4 Å². The van der Waals surface area contributed by atoms with Crippen molar-refractivity contribution in [3.05, 3.63) is 40.4 Å². The lowest BCUT2D eigenvalue weighted by atomic mass is 9.89. The van der Waals surface area contributed by atoms with E-state index in [1.165, 1.54) is 22.6 Å². The number of aromatic nitrogens is 1. The van der Waals surface area contributed by atoms with Crippen molar-refractivity contribution in [3.8, 4) is 5.75 Å². The van der Waals surface area contributed by atoms with Crippen molar-refractivity contribution >= 4 is 28.3 Å². The molecule has 144 valence electrons. The summed E-state index contributed by atoms with van der Waals surface area (Å²) in [5.74, 6) is 0.850. The van der Waals surface area contributed by atoms with Crippen LogP contribution in [0, 0.1) is 5.92 Å². The molecule has 0 spiro atoms. The fourth-order valence-corrected chi connectivity index (χ4v) is 4.13. The highest BCUT2D eigenvalue weighted by Crippen LogP contribution is 2.33. The molecule has 0 saturated heterocycles. The topological polar surface area (TPSA) is 71.5 Å². The van der Waals surface area contributed by atoms with Gasteiger partial charge in [-0.15, -0.1) is 11.3 Å². The van der Waals surface area contributed by atoms with Crippen LogP contribution in [0.3, 0.4) is 0 Å². The molecule has 1 aromatic carbocycles. The van der Waals surface area contributed by atoms with Gasteiger partial charge in [0.25, 0.3) is 11.8 Å². The Kier molecular flexibility index (Phi) is 6.11. The van der Waals surface area contributed by atoms with Gasteiger partial charge in [-0.25, -0.2) is 4.98 Å². The Labute approximate surface area is 163 Å². The second kappa shape index (κ2) is 8.52. The minimum atomic E-state index is -0.225. The van der Waals surface area contributed by atoms with Crippen LogP contribution in [0.1, 0.15) is 40.7 Å². The Morgan fingerprint density at radius 1 is 1.37 bits per heavy atom. The van der Waals surface area contributed by atoms with Crippen LogP contribution >= 0.6 is 11.3 Å². The largest absolute Gasteiger partial charge is 0.484 e. The van der Waals surface area contributed by atoms with Crippen LogP contribution in [-0.4, -0.2) is 42.4 Å². The molecule has 0 bridgehead atoms. The van der Waals surface area contributed by atoms with Crippen molar-refractivity contribution in [2.24, 2.45) is 5.92 Å². The number of fused-ring (bicyclic) bond motifs is 1. The second-order valence-electron chi connectivity index (χ2n) is 6.96. The number of carbonyl (C=O) groups excluding carboxylic acids is 2. The molecule has 1 N–H and O–H groups in total. The van der Waals surface area contributed by atoms with Gasteiger partial charge in [0.2, 0.25) is 0 Å². The molecule has 1 unspecified atom stereocenters. The molecule has 7 heteroatoms. The lowest BCUT2D eigenvalue weighted by molar-refractivity contribution is -0.130. The van der Waals surface area contributed by atoms with Crippen LogP contribution < -0.4 is 10.1 Å². The number of anilines is 1. The number of hydrogen-bond donors (Lipinski definition) is 1. The van der Waals surface area contributed by atoms with Crippen LogP contribution in [0.4, 0.5) is 5.13 Å². The molecule has 0 saturated carbocycles. The van der Waals surface area contributed by atoms with E-state index < -0.39 is 0 Å². The lowest BCUT2D eigenvalue weighted by Crippen LogP contribution is -2.27. The van der Waals surface area contributed by atoms with Gasteiger partial charge in [-0.2, -0.15) is 0 Å². The minimum absolute atomic E-state index is 0.0597. The predicted octanol–water partition coefficient (Wildman–Crippen LogP) is 3.38. The van der Waals surface area contributed by atoms with Gasteiger partial charge < -0.3 is 9.64 Å². The van der Waals surface area contributed by atoms with Crippen LogP contribution in [0.2, 0.25) is 0 Å². The average Bonchev–Trinajstić information content (AvgIpc) is 3.07. The summed E-state index contributed by atoms with van der Waals surface area (Å²) in [6.07, 6.45) is 4.40. The first kappa shape index (κ1) is 19.4. The van der Waals surface area contributed by atoms with E-state index in [1.807, 2.05) is 0 Å². The third-order valence-corrected chi connectivity index (χ3v) is 5.83. The summed E-state index contributed by atoms with van der Waals surface area (Å²) in [6.45, 7) is 2.16. The highest BCUT2D eigenvalue weighted by molar-refractivity contribution is 7.15. The molecule has 1 aromatic heterocycles. The van der Waals surface area contributed by atoms with Crippen LogP contribution in [0.5, 0.6) is 5.75 Å². The fourth-order valence-electron chi connectivity index (χ4n) is 3.02. The summed E-state index contributed by atoms with van der Waals surface area (Å²) in [5.41, 5.74) is 1.60. The van der Waals surface area contributed by atoms with Gasteiger partial charge in [-0.3, -0.25) is 14.9 Å².